The Morgan fingerprint density at radius 2 is 1.74 bits per heavy atom. The molecule has 0 bridgehead atoms. The average Bonchev–Trinajstić information content (AvgIpc) is 3.43. The molecule has 0 radical (unpaired) electrons. The van der Waals surface area contributed by atoms with Crippen LogP contribution in [0.4, 0.5) is 10.2 Å². The molecule has 2 aromatic rings. The zero-order chi connectivity index (χ0) is 15.6. The third-order valence-corrected chi connectivity index (χ3v) is 4.71. The maximum atomic E-state index is 13.7. The first-order valence-electron chi connectivity index (χ1n) is 8.34. The van der Waals surface area contributed by atoms with Crippen LogP contribution in [0.25, 0.3) is 0 Å². The maximum Gasteiger partial charge on any atom is 0.151 e. The van der Waals surface area contributed by atoms with Gasteiger partial charge in [0.2, 0.25) is 0 Å². The van der Waals surface area contributed by atoms with Crippen LogP contribution in [0.15, 0.2) is 36.4 Å². The summed E-state index contributed by atoms with van der Waals surface area (Å²) in [6.45, 7) is 4.32. The fraction of sp³-hybridized carbons (Fsp3) is 0.444. The Labute approximate surface area is 135 Å². The lowest BCUT2D eigenvalue weighted by molar-refractivity contribution is 0.246. The molecule has 23 heavy (non-hydrogen) atoms. The van der Waals surface area contributed by atoms with Crippen LogP contribution in [0.1, 0.15) is 30.0 Å². The molecule has 0 N–H and O–H groups in total. The minimum absolute atomic E-state index is 0.114. The van der Waals surface area contributed by atoms with Crippen LogP contribution in [0.3, 0.4) is 0 Å². The highest BCUT2D eigenvalue weighted by Crippen LogP contribution is 2.38. The number of anilines is 1. The second-order valence-electron chi connectivity index (χ2n) is 6.45. The van der Waals surface area contributed by atoms with E-state index in [9.17, 15) is 4.39 Å². The Kier molecular flexibility index (Phi) is 3.95. The van der Waals surface area contributed by atoms with Crippen LogP contribution in [-0.4, -0.2) is 41.3 Å². The van der Waals surface area contributed by atoms with Crippen molar-refractivity contribution in [2.24, 2.45) is 0 Å². The summed E-state index contributed by atoms with van der Waals surface area (Å²) in [7, 11) is 0. The molecule has 1 saturated carbocycles. The summed E-state index contributed by atoms with van der Waals surface area (Å²) >= 11 is 0. The number of nitrogens with zero attached hydrogens (tertiary/aromatic N) is 4. The Bertz CT molecular complexity index is 661. The highest BCUT2D eigenvalue weighted by Gasteiger charge is 2.26. The Hall–Kier alpha value is -2.01. The zero-order valence-corrected chi connectivity index (χ0v) is 13.2. The lowest BCUT2D eigenvalue weighted by Crippen LogP contribution is -2.46. The summed E-state index contributed by atoms with van der Waals surface area (Å²) < 4.78 is 13.7. The number of hydrogen-bond acceptors (Lipinski definition) is 4. The number of aromatic nitrogens is 2. The second-order valence-corrected chi connectivity index (χ2v) is 6.45. The van der Waals surface area contributed by atoms with Gasteiger partial charge in [0, 0.05) is 44.2 Å². The van der Waals surface area contributed by atoms with Gasteiger partial charge in [0.05, 0.1) is 5.69 Å². The summed E-state index contributed by atoms with van der Waals surface area (Å²) in [4.78, 5) is 4.56. The lowest BCUT2D eigenvalue weighted by atomic mass is 10.2. The molecule has 4 rings (SSSR count). The monoisotopic (exact) mass is 312 g/mol. The van der Waals surface area contributed by atoms with Gasteiger partial charge >= 0.3 is 0 Å². The highest BCUT2D eigenvalue weighted by atomic mass is 19.1. The Balaban J connectivity index is 1.34. The number of halogens is 1. The largest absolute Gasteiger partial charge is 0.353 e. The van der Waals surface area contributed by atoms with Gasteiger partial charge in [0.15, 0.2) is 5.82 Å². The van der Waals surface area contributed by atoms with Gasteiger partial charge in [-0.25, -0.2) is 4.39 Å². The van der Waals surface area contributed by atoms with Gasteiger partial charge in [-0.3, -0.25) is 4.90 Å². The first kappa shape index (κ1) is 14.6. The molecule has 1 saturated heterocycles. The predicted molar refractivity (Wildman–Crippen MR) is 87.9 cm³/mol. The minimum atomic E-state index is -0.114. The minimum Gasteiger partial charge on any atom is -0.353 e. The third-order valence-electron chi connectivity index (χ3n) is 4.71. The van der Waals surface area contributed by atoms with Gasteiger partial charge in [-0.15, -0.1) is 5.10 Å². The molecular formula is C18H21FN4. The van der Waals surface area contributed by atoms with Gasteiger partial charge in [-0.05, 0) is 31.0 Å². The molecule has 120 valence electrons. The molecule has 1 aliphatic carbocycles. The van der Waals surface area contributed by atoms with Crippen molar-refractivity contribution in [3.05, 3.63) is 53.5 Å². The maximum absolute atomic E-state index is 13.7. The van der Waals surface area contributed by atoms with Crippen molar-refractivity contribution in [3.8, 4) is 0 Å². The van der Waals surface area contributed by atoms with Crippen molar-refractivity contribution in [1.29, 1.82) is 0 Å². The summed E-state index contributed by atoms with van der Waals surface area (Å²) in [6.07, 6.45) is 2.51. The zero-order valence-electron chi connectivity index (χ0n) is 13.2. The molecule has 2 fully saturated rings. The van der Waals surface area contributed by atoms with Crippen molar-refractivity contribution in [2.75, 3.05) is 31.1 Å². The van der Waals surface area contributed by atoms with Crippen molar-refractivity contribution >= 4 is 5.82 Å². The third kappa shape index (κ3) is 3.34. The van der Waals surface area contributed by atoms with E-state index in [2.05, 4.69) is 32.1 Å². The normalized spacial score (nSPS) is 19.1. The first-order valence-corrected chi connectivity index (χ1v) is 8.34. The van der Waals surface area contributed by atoms with Crippen molar-refractivity contribution in [1.82, 2.24) is 15.1 Å². The Morgan fingerprint density at radius 3 is 2.39 bits per heavy atom. The molecule has 0 atom stereocenters. The number of rotatable bonds is 4. The van der Waals surface area contributed by atoms with E-state index < -0.39 is 0 Å². The molecule has 0 amide bonds. The summed E-state index contributed by atoms with van der Waals surface area (Å²) in [5, 5.41) is 8.74. The van der Waals surface area contributed by atoms with E-state index in [-0.39, 0.29) is 5.82 Å². The fourth-order valence-corrected chi connectivity index (χ4v) is 3.10. The van der Waals surface area contributed by atoms with Crippen LogP contribution in [-0.2, 0) is 6.54 Å². The van der Waals surface area contributed by atoms with E-state index in [1.54, 1.807) is 6.07 Å². The SMILES string of the molecule is Fc1ccccc1CN1CCN(c2ccc(C3CC3)nn2)CC1. The molecule has 2 aliphatic rings. The van der Waals surface area contributed by atoms with E-state index in [1.165, 1.54) is 18.9 Å². The number of hydrogen-bond donors (Lipinski definition) is 0. The number of benzene rings is 1. The van der Waals surface area contributed by atoms with Crippen LogP contribution in [0, 0.1) is 5.82 Å². The molecule has 4 nitrogen and oxygen atoms in total. The molecule has 1 aromatic carbocycles. The predicted octanol–water partition coefficient (Wildman–Crippen LogP) is 2.82. The van der Waals surface area contributed by atoms with E-state index in [0.29, 0.717) is 12.5 Å². The van der Waals surface area contributed by atoms with Crippen LogP contribution < -0.4 is 4.90 Å². The average molecular weight is 312 g/mol. The van der Waals surface area contributed by atoms with Crippen LogP contribution >= 0.6 is 0 Å². The molecule has 2 heterocycles. The number of piperazine rings is 1. The van der Waals surface area contributed by atoms with E-state index in [0.717, 1.165) is 43.3 Å². The van der Waals surface area contributed by atoms with Crippen molar-refractivity contribution < 1.29 is 4.39 Å². The second kappa shape index (κ2) is 6.24. The molecule has 5 heteroatoms. The highest BCUT2D eigenvalue weighted by molar-refractivity contribution is 5.38. The standard InChI is InChI=1S/C18H21FN4/c19-16-4-2-1-3-15(16)13-22-9-11-23(12-10-22)18-8-7-17(20-21-18)14-5-6-14/h1-4,7-8,14H,5-6,9-13H2. The molecular weight excluding hydrogens is 291 g/mol. The van der Waals surface area contributed by atoms with Gasteiger partial charge in [-0.1, -0.05) is 18.2 Å². The molecule has 1 aliphatic heterocycles. The summed E-state index contributed by atoms with van der Waals surface area (Å²) in [6, 6.07) is 11.2. The molecule has 1 aromatic heterocycles. The van der Waals surface area contributed by atoms with Gasteiger partial charge in [-0.2, -0.15) is 5.10 Å². The Morgan fingerprint density at radius 1 is 0.957 bits per heavy atom. The van der Waals surface area contributed by atoms with E-state index in [1.807, 2.05) is 12.1 Å². The van der Waals surface area contributed by atoms with E-state index in [4.69, 9.17) is 0 Å². The van der Waals surface area contributed by atoms with Crippen molar-refractivity contribution in [3.63, 3.8) is 0 Å². The van der Waals surface area contributed by atoms with Crippen LogP contribution in [0.2, 0.25) is 0 Å². The topological polar surface area (TPSA) is 32.3 Å². The quantitative estimate of drug-likeness (QED) is 0.869. The summed E-state index contributed by atoms with van der Waals surface area (Å²) in [5.74, 6) is 1.49. The van der Waals surface area contributed by atoms with Crippen molar-refractivity contribution in [2.45, 2.75) is 25.3 Å². The van der Waals surface area contributed by atoms with E-state index >= 15 is 0 Å². The molecule has 0 spiro atoms. The van der Waals surface area contributed by atoms with Gasteiger partial charge in [0.25, 0.3) is 0 Å². The first-order chi connectivity index (χ1) is 11.3. The van der Waals surface area contributed by atoms with Gasteiger partial charge < -0.3 is 4.90 Å². The lowest BCUT2D eigenvalue weighted by Gasteiger charge is -2.35. The smallest absolute Gasteiger partial charge is 0.151 e. The molecule has 0 unspecified atom stereocenters. The van der Waals surface area contributed by atoms with Gasteiger partial charge in [0.1, 0.15) is 5.82 Å². The summed E-state index contributed by atoms with van der Waals surface area (Å²) in [5.41, 5.74) is 1.90. The fourth-order valence-electron chi connectivity index (χ4n) is 3.10. The van der Waals surface area contributed by atoms with Crippen LogP contribution in [0.5, 0.6) is 0 Å².